The lowest BCUT2D eigenvalue weighted by Gasteiger charge is -2.16. The molecule has 2 rings (SSSR count). The zero-order valence-electron chi connectivity index (χ0n) is 13.0. The largest absolute Gasteiger partial charge is 0.494 e. The highest BCUT2D eigenvalue weighted by atomic mass is 79.9. The molecule has 128 valence electrons. The molecule has 1 aromatic carbocycles. The maximum absolute atomic E-state index is 13.8. The molecule has 24 heavy (non-hydrogen) atoms. The number of methoxy groups -OCH3 is 1. The van der Waals surface area contributed by atoms with Gasteiger partial charge in [0, 0.05) is 17.2 Å². The number of aliphatic carboxylic acids is 1. The monoisotopic (exact) mass is 398 g/mol. The molecule has 0 spiro atoms. The van der Waals surface area contributed by atoms with Gasteiger partial charge >= 0.3 is 5.97 Å². The van der Waals surface area contributed by atoms with E-state index >= 15 is 0 Å². The molecule has 0 aliphatic carbocycles. The fourth-order valence-corrected chi connectivity index (χ4v) is 2.75. The van der Waals surface area contributed by atoms with Crippen LogP contribution in [0.2, 0.25) is 0 Å². The van der Waals surface area contributed by atoms with E-state index in [0.29, 0.717) is 16.7 Å². The number of carbonyl (C=O) groups excluding carboxylic acids is 1. The highest BCUT2D eigenvalue weighted by Gasteiger charge is 2.25. The number of nitrogens with one attached hydrogen (secondary N) is 1. The number of carboxylic acids is 1. The Morgan fingerprint density at radius 3 is 2.67 bits per heavy atom. The Labute approximate surface area is 146 Å². The fraction of sp³-hybridized carbons (Fsp3) is 0.250. The SMILES string of the molecule is CCn1cc(Br)cc1C(=O)NC(C(=O)O)c1ccc(OC)c(F)c1. The molecule has 0 aliphatic rings. The highest BCUT2D eigenvalue weighted by Crippen LogP contribution is 2.23. The summed E-state index contributed by atoms with van der Waals surface area (Å²) in [6.45, 7) is 2.40. The summed E-state index contributed by atoms with van der Waals surface area (Å²) in [6, 6.07) is 3.96. The summed E-state index contributed by atoms with van der Waals surface area (Å²) in [6.07, 6.45) is 1.72. The summed E-state index contributed by atoms with van der Waals surface area (Å²) in [5.41, 5.74) is 0.424. The first-order chi connectivity index (χ1) is 11.4. The molecule has 0 radical (unpaired) electrons. The number of carbonyl (C=O) groups is 2. The molecule has 2 N–H and O–H groups in total. The van der Waals surface area contributed by atoms with E-state index in [4.69, 9.17) is 4.74 Å². The van der Waals surface area contributed by atoms with Crippen molar-refractivity contribution in [3.63, 3.8) is 0 Å². The fourth-order valence-electron chi connectivity index (χ4n) is 2.28. The van der Waals surface area contributed by atoms with Crippen molar-refractivity contribution in [1.82, 2.24) is 9.88 Å². The first kappa shape index (κ1) is 18.0. The average molecular weight is 399 g/mol. The number of ether oxygens (including phenoxy) is 1. The van der Waals surface area contributed by atoms with Crippen molar-refractivity contribution < 1.29 is 23.8 Å². The van der Waals surface area contributed by atoms with Crippen LogP contribution in [0.3, 0.4) is 0 Å². The Balaban J connectivity index is 2.30. The predicted molar refractivity (Wildman–Crippen MR) is 88.6 cm³/mol. The molecular weight excluding hydrogens is 383 g/mol. The van der Waals surface area contributed by atoms with Crippen LogP contribution in [-0.2, 0) is 11.3 Å². The van der Waals surface area contributed by atoms with E-state index in [1.54, 1.807) is 16.8 Å². The van der Waals surface area contributed by atoms with E-state index in [-0.39, 0.29) is 11.3 Å². The average Bonchev–Trinajstić information content (AvgIpc) is 2.93. The lowest BCUT2D eigenvalue weighted by molar-refractivity contribution is -0.139. The third kappa shape index (κ3) is 3.76. The van der Waals surface area contributed by atoms with Gasteiger partial charge in [0.15, 0.2) is 17.6 Å². The van der Waals surface area contributed by atoms with Gasteiger partial charge < -0.3 is 19.7 Å². The lowest BCUT2D eigenvalue weighted by atomic mass is 10.1. The van der Waals surface area contributed by atoms with Gasteiger partial charge in [-0.05, 0) is 46.6 Å². The second-order valence-corrected chi connectivity index (χ2v) is 5.88. The standard InChI is InChI=1S/C16H16BrFN2O4/c1-3-20-8-10(17)7-12(20)15(21)19-14(16(22)23)9-4-5-13(24-2)11(18)6-9/h4-8,14H,3H2,1-2H3,(H,19,21)(H,22,23). The van der Waals surface area contributed by atoms with Crippen molar-refractivity contribution in [2.24, 2.45) is 0 Å². The van der Waals surface area contributed by atoms with E-state index in [2.05, 4.69) is 21.2 Å². The highest BCUT2D eigenvalue weighted by molar-refractivity contribution is 9.10. The summed E-state index contributed by atoms with van der Waals surface area (Å²) in [4.78, 5) is 23.9. The Bertz CT molecular complexity index is 775. The molecule has 0 bridgehead atoms. The summed E-state index contributed by atoms with van der Waals surface area (Å²) in [5.74, 6) is -2.55. The number of amides is 1. The minimum atomic E-state index is -1.38. The predicted octanol–water partition coefficient (Wildman–Crippen LogP) is 2.97. The van der Waals surface area contributed by atoms with Crippen molar-refractivity contribution >= 4 is 27.8 Å². The van der Waals surface area contributed by atoms with Crippen LogP contribution in [0.4, 0.5) is 4.39 Å². The van der Waals surface area contributed by atoms with Crippen molar-refractivity contribution in [2.75, 3.05) is 7.11 Å². The number of aromatic nitrogens is 1. The van der Waals surface area contributed by atoms with Crippen LogP contribution in [0.5, 0.6) is 5.75 Å². The van der Waals surface area contributed by atoms with E-state index in [1.807, 2.05) is 6.92 Å². The topological polar surface area (TPSA) is 80.6 Å². The number of nitrogens with zero attached hydrogens (tertiary/aromatic N) is 1. The second kappa shape index (κ2) is 7.48. The van der Waals surface area contributed by atoms with E-state index in [0.717, 1.165) is 6.07 Å². The summed E-state index contributed by atoms with van der Waals surface area (Å²) >= 11 is 3.28. The van der Waals surface area contributed by atoms with E-state index < -0.39 is 23.7 Å². The van der Waals surface area contributed by atoms with Crippen LogP contribution in [0.1, 0.15) is 29.0 Å². The van der Waals surface area contributed by atoms with Gasteiger partial charge in [0.25, 0.3) is 5.91 Å². The smallest absolute Gasteiger partial charge is 0.330 e. The Morgan fingerprint density at radius 1 is 1.42 bits per heavy atom. The molecule has 2 aromatic rings. The Kier molecular flexibility index (Phi) is 5.61. The first-order valence-corrected chi connectivity index (χ1v) is 7.89. The van der Waals surface area contributed by atoms with Crippen LogP contribution in [0, 0.1) is 5.82 Å². The van der Waals surface area contributed by atoms with Crippen LogP contribution in [-0.4, -0.2) is 28.7 Å². The van der Waals surface area contributed by atoms with Gasteiger partial charge in [-0.15, -0.1) is 0 Å². The normalized spacial score (nSPS) is 11.8. The quantitative estimate of drug-likeness (QED) is 0.783. The van der Waals surface area contributed by atoms with Gasteiger partial charge in [-0.3, -0.25) is 4.79 Å². The molecule has 1 amide bonds. The molecular formula is C16H16BrFN2O4. The molecule has 0 saturated heterocycles. The molecule has 8 heteroatoms. The molecule has 1 aromatic heterocycles. The van der Waals surface area contributed by atoms with Gasteiger partial charge in [0.1, 0.15) is 5.69 Å². The van der Waals surface area contributed by atoms with Crippen LogP contribution in [0.25, 0.3) is 0 Å². The van der Waals surface area contributed by atoms with Gasteiger partial charge in [-0.25, -0.2) is 9.18 Å². The van der Waals surface area contributed by atoms with Crippen molar-refractivity contribution in [3.8, 4) is 5.75 Å². The zero-order chi connectivity index (χ0) is 17.9. The number of benzene rings is 1. The number of halogens is 2. The Hall–Kier alpha value is -2.35. The van der Waals surface area contributed by atoms with Gasteiger partial charge in [0.05, 0.1) is 7.11 Å². The maximum Gasteiger partial charge on any atom is 0.330 e. The second-order valence-electron chi connectivity index (χ2n) is 4.97. The number of rotatable bonds is 6. The molecule has 0 fully saturated rings. The lowest BCUT2D eigenvalue weighted by Crippen LogP contribution is -2.34. The first-order valence-electron chi connectivity index (χ1n) is 7.10. The van der Waals surface area contributed by atoms with Crippen LogP contribution >= 0.6 is 15.9 Å². The number of hydrogen-bond donors (Lipinski definition) is 2. The minimum Gasteiger partial charge on any atom is -0.494 e. The molecule has 6 nitrogen and oxygen atoms in total. The number of carboxylic acid groups (broad SMARTS) is 1. The third-order valence-corrected chi connectivity index (χ3v) is 3.90. The van der Waals surface area contributed by atoms with Crippen molar-refractivity contribution in [1.29, 1.82) is 0 Å². The molecule has 1 heterocycles. The van der Waals surface area contributed by atoms with Gasteiger partial charge in [-0.2, -0.15) is 0 Å². The molecule has 0 saturated carbocycles. The van der Waals surface area contributed by atoms with Crippen molar-refractivity contribution in [2.45, 2.75) is 19.5 Å². The molecule has 0 aliphatic heterocycles. The number of hydrogen-bond acceptors (Lipinski definition) is 3. The zero-order valence-corrected chi connectivity index (χ0v) is 14.6. The molecule has 1 atom stereocenters. The molecule has 1 unspecified atom stereocenters. The van der Waals surface area contributed by atoms with Crippen molar-refractivity contribution in [3.05, 3.63) is 52.0 Å². The van der Waals surface area contributed by atoms with Crippen LogP contribution < -0.4 is 10.1 Å². The number of aryl methyl sites for hydroxylation is 1. The summed E-state index contributed by atoms with van der Waals surface area (Å²) < 4.78 is 21.0. The Morgan fingerprint density at radius 2 is 2.12 bits per heavy atom. The van der Waals surface area contributed by atoms with Gasteiger partial charge in [-0.1, -0.05) is 6.07 Å². The minimum absolute atomic E-state index is 0.00185. The third-order valence-electron chi connectivity index (χ3n) is 3.47. The summed E-state index contributed by atoms with van der Waals surface area (Å²) in [5, 5.41) is 11.8. The van der Waals surface area contributed by atoms with Crippen LogP contribution in [0.15, 0.2) is 34.9 Å². The summed E-state index contributed by atoms with van der Waals surface area (Å²) in [7, 11) is 1.31. The van der Waals surface area contributed by atoms with E-state index in [9.17, 15) is 19.1 Å². The van der Waals surface area contributed by atoms with Gasteiger partial charge in [0.2, 0.25) is 0 Å². The van der Waals surface area contributed by atoms with E-state index in [1.165, 1.54) is 19.2 Å². The maximum atomic E-state index is 13.8.